The van der Waals surface area contributed by atoms with E-state index in [1.807, 2.05) is 6.92 Å². The van der Waals surface area contributed by atoms with E-state index in [1.165, 1.54) is 10.4 Å². The second kappa shape index (κ2) is 8.24. The van der Waals surface area contributed by atoms with Crippen LogP contribution in [0.3, 0.4) is 0 Å². The predicted molar refractivity (Wildman–Crippen MR) is 84.2 cm³/mol. The number of amides is 1. The molecule has 0 aliphatic rings. The van der Waals surface area contributed by atoms with Crippen molar-refractivity contribution >= 4 is 15.9 Å². The monoisotopic (exact) mass is 330 g/mol. The third-order valence-electron chi connectivity index (χ3n) is 3.50. The topological polar surface area (TPSA) is 66.5 Å². The lowest BCUT2D eigenvalue weighted by atomic mass is 10.2. The van der Waals surface area contributed by atoms with Gasteiger partial charge in [-0.25, -0.2) is 12.8 Å². The van der Waals surface area contributed by atoms with Gasteiger partial charge in [-0.05, 0) is 19.4 Å². The second-order valence-corrected chi connectivity index (χ2v) is 7.18. The summed E-state index contributed by atoms with van der Waals surface area (Å²) in [6.45, 7) is 3.91. The Balaban J connectivity index is 2.53. The predicted octanol–water partition coefficient (Wildman–Crippen LogP) is 1.89. The van der Waals surface area contributed by atoms with Crippen molar-refractivity contribution in [3.63, 3.8) is 0 Å². The van der Waals surface area contributed by atoms with Crippen LogP contribution in [0.15, 0.2) is 24.3 Å². The van der Waals surface area contributed by atoms with E-state index in [4.69, 9.17) is 0 Å². The molecule has 0 aromatic heterocycles. The van der Waals surface area contributed by atoms with Crippen LogP contribution in [-0.4, -0.2) is 37.5 Å². The van der Waals surface area contributed by atoms with Gasteiger partial charge in [0.05, 0.1) is 6.26 Å². The van der Waals surface area contributed by atoms with Crippen molar-refractivity contribution in [1.29, 1.82) is 0 Å². The zero-order chi connectivity index (χ0) is 16.8. The van der Waals surface area contributed by atoms with Crippen molar-refractivity contribution in [3.05, 3.63) is 35.6 Å². The van der Waals surface area contributed by atoms with Gasteiger partial charge in [-0.15, -0.1) is 0 Å². The quantitative estimate of drug-likeness (QED) is 0.791. The average molecular weight is 330 g/mol. The van der Waals surface area contributed by atoms with Crippen LogP contribution < -0.4 is 5.32 Å². The first-order chi connectivity index (χ1) is 10.3. The Morgan fingerprint density at radius 1 is 1.36 bits per heavy atom. The van der Waals surface area contributed by atoms with Crippen LogP contribution in [0.1, 0.15) is 32.3 Å². The molecule has 0 aliphatic carbocycles. The van der Waals surface area contributed by atoms with Crippen LogP contribution in [-0.2, 0) is 21.4 Å². The molecule has 1 aromatic carbocycles. The fourth-order valence-corrected chi connectivity index (χ4v) is 3.28. The number of hydrogen-bond donors (Lipinski definition) is 1. The number of benzene rings is 1. The second-order valence-electron chi connectivity index (χ2n) is 5.25. The number of carbonyl (C=O) groups excluding carboxylic acids is 1. The normalized spacial score (nSPS) is 13.1. The van der Waals surface area contributed by atoms with Crippen molar-refractivity contribution in [2.75, 3.05) is 12.8 Å². The average Bonchev–Trinajstić information content (AvgIpc) is 2.44. The molecular formula is C15H23FN2O3S. The summed E-state index contributed by atoms with van der Waals surface area (Å²) >= 11 is 0. The van der Waals surface area contributed by atoms with Gasteiger partial charge in [-0.1, -0.05) is 25.1 Å². The molecule has 0 spiro atoms. The third-order valence-corrected chi connectivity index (χ3v) is 4.90. The summed E-state index contributed by atoms with van der Waals surface area (Å²) in [5, 5.41) is 2.60. The van der Waals surface area contributed by atoms with E-state index in [2.05, 4.69) is 5.32 Å². The van der Waals surface area contributed by atoms with Gasteiger partial charge in [0, 0.05) is 31.1 Å². The first kappa shape index (κ1) is 18.6. The van der Waals surface area contributed by atoms with Crippen LogP contribution in [0.25, 0.3) is 0 Å². The van der Waals surface area contributed by atoms with Crippen molar-refractivity contribution in [1.82, 2.24) is 9.62 Å². The van der Waals surface area contributed by atoms with Crippen molar-refractivity contribution in [3.8, 4) is 0 Å². The molecule has 0 fully saturated rings. The van der Waals surface area contributed by atoms with Gasteiger partial charge in [0.1, 0.15) is 5.82 Å². The molecule has 7 heteroatoms. The lowest BCUT2D eigenvalue weighted by Crippen LogP contribution is -2.40. The summed E-state index contributed by atoms with van der Waals surface area (Å²) in [7, 11) is -3.35. The maximum absolute atomic E-state index is 13.4. The van der Waals surface area contributed by atoms with Crippen molar-refractivity contribution < 1.29 is 17.6 Å². The molecular weight excluding hydrogens is 307 g/mol. The lowest BCUT2D eigenvalue weighted by Gasteiger charge is -2.25. The highest BCUT2D eigenvalue weighted by atomic mass is 32.2. The molecule has 0 radical (unpaired) electrons. The molecule has 1 N–H and O–H groups in total. The minimum atomic E-state index is -3.35. The van der Waals surface area contributed by atoms with Crippen LogP contribution in [0.4, 0.5) is 4.39 Å². The van der Waals surface area contributed by atoms with Gasteiger partial charge in [0.2, 0.25) is 15.9 Å². The Kier molecular flexibility index (Phi) is 6.96. The number of nitrogens with zero attached hydrogens (tertiary/aromatic N) is 1. The molecule has 0 aliphatic heterocycles. The molecule has 1 atom stereocenters. The Morgan fingerprint density at radius 2 is 2.00 bits per heavy atom. The summed E-state index contributed by atoms with van der Waals surface area (Å²) in [6, 6.07) is 6.04. The summed E-state index contributed by atoms with van der Waals surface area (Å²) in [5.41, 5.74) is 0.401. The number of sulfonamides is 1. The summed E-state index contributed by atoms with van der Waals surface area (Å²) < 4.78 is 38.2. The SMILES string of the molecule is CCC(C)N(CCC(=O)NCc1ccccc1F)S(C)(=O)=O. The maximum atomic E-state index is 13.4. The van der Waals surface area contributed by atoms with E-state index in [-0.39, 0.29) is 37.3 Å². The minimum Gasteiger partial charge on any atom is -0.352 e. The highest BCUT2D eigenvalue weighted by molar-refractivity contribution is 7.88. The molecule has 22 heavy (non-hydrogen) atoms. The smallest absolute Gasteiger partial charge is 0.221 e. The zero-order valence-corrected chi connectivity index (χ0v) is 14.0. The number of hydrogen-bond acceptors (Lipinski definition) is 3. The fraction of sp³-hybridized carbons (Fsp3) is 0.533. The number of nitrogens with one attached hydrogen (secondary N) is 1. The van der Waals surface area contributed by atoms with Gasteiger partial charge in [0.25, 0.3) is 0 Å². The maximum Gasteiger partial charge on any atom is 0.221 e. The van der Waals surface area contributed by atoms with E-state index in [9.17, 15) is 17.6 Å². The standard InChI is InChI=1S/C15H23FN2O3S/c1-4-12(2)18(22(3,20)21)10-9-15(19)17-11-13-7-5-6-8-14(13)16/h5-8,12H,4,9-11H2,1-3H3,(H,17,19). The molecule has 5 nitrogen and oxygen atoms in total. The van der Waals surface area contributed by atoms with Crippen LogP contribution in [0.5, 0.6) is 0 Å². The Bertz CT molecular complexity index is 605. The summed E-state index contributed by atoms with van der Waals surface area (Å²) in [4.78, 5) is 11.8. The lowest BCUT2D eigenvalue weighted by molar-refractivity contribution is -0.121. The molecule has 0 saturated heterocycles. The molecule has 1 amide bonds. The third kappa shape index (κ3) is 5.73. The van der Waals surface area contributed by atoms with E-state index in [0.717, 1.165) is 6.26 Å². The van der Waals surface area contributed by atoms with E-state index in [0.29, 0.717) is 12.0 Å². The molecule has 124 valence electrons. The number of rotatable bonds is 8. The first-order valence-electron chi connectivity index (χ1n) is 7.22. The number of carbonyl (C=O) groups is 1. The fourth-order valence-electron chi connectivity index (χ4n) is 2.05. The van der Waals surface area contributed by atoms with Crippen LogP contribution >= 0.6 is 0 Å². The molecule has 0 saturated carbocycles. The van der Waals surface area contributed by atoms with E-state index in [1.54, 1.807) is 25.1 Å². The highest BCUT2D eigenvalue weighted by Crippen LogP contribution is 2.10. The zero-order valence-electron chi connectivity index (χ0n) is 13.2. The highest BCUT2D eigenvalue weighted by Gasteiger charge is 2.22. The molecule has 1 aromatic rings. The molecule has 1 rings (SSSR count). The van der Waals surface area contributed by atoms with Gasteiger partial charge < -0.3 is 5.32 Å². The van der Waals surface area contributed by atoms with Crippen molar-refractivity contribution in [2.45, 2.75) is 39.3 Å². The minimum absolute atomic E-state index is 0.0475. The van der Waals surface area contributed by atoms with E-state index >= 15 is 0 Å². The summed E-state index contributed by atoms with van der Waals surface area (Å²) in [5.74, 6) is -0.680. The first-order valence-corrected chi connectivity index (χ1v) is 9.07. The van der Waals surface area contributed by atoms with E-state index < -0.39 is 10.0 Å². The largest absolute Gasteiger partial charge is 0.352 e. The van der Waals surface area contributed by atoms with Gasteiger partial charge in [-0.3, -0.25) is 4.79 Å². The Labute approximate surface area is 131 Å². The summed E-state index contributed by atoms with van der Waals surface area (Å²) in [6.07, 6.45) is 1.85. The van der Waals surface area contributed by atoms with Crippen molar-refractivity contribution in [2.24, 2.45) is 0 Å². The number of halogens is 1. The molecule has 1 unspecified atom stereocenters. The Hall–Kier alpha value is -1.47. The van der Waals surface area contributed by atoms with Gasteiger partial charge >= 0.3 is 0 Å². The molecule has 0 bridgehead atoms. The van der Waals surface area contributed by atoms with Gasteiger partial charge in [0.15, 0.2) is 0 Å². The van der Waals surface area contributed by atoms with Gasteiger partial charge in [-0.2, -0.15) is 4.31 Å². The van der Waals surface area contributed by atoms with Crippen LogP contribution in [0.2, 0.25) is 0 Å². The Morgan fingerprint density at radius 3 is 2.55 bits per heavy atom. The molecule has 0 heterocycles. The van der Waals surface area contributed by atoms with Crippen LogP contribution in [0, 0.1) is 5.82 Å².